The Hall–Kier alpha value is -1.80. The average molecular weight is 524 g/mol. The summed E-state index contributed by atoms with van der Waals surface area (Å²) in [5, 5.41) is 19.6. The quantitative estimate of drug-likeness (QED) is 0.172. The van der Waals surface area contributed by atoms with E-state index in [4.69, 9.17) is 5.73 Å². The van der Waals surface area contributed by atoms with Crippen LogP contribution in [0.3, 0.4) is 0 Å². The molecule has 0 saturated carbocycles. The first-order valence-electron chi connectivity index (χ1n) is 9.36. The second-order valence-electron chi connectivity index (χ2n) is 6.72. The van der Waals surface area contributed by atoms with E-state index in [0.717, 1.165) is 10.6 Å². The van der Waals surface area contributed by atoms with Crippen molar-refractivity contribution < 1.29 is 51.8 Å². The van der Waals surface area contributed by atoms with Gasteiger partial charge in [0, 0.05) is 31.9 Å². The number of carbonyl (C=O) groups excluding carboxylic acids is 1. The van der Waals surface area contributed by atoms with Gasteiger partial charge in [0.2, 0.25) is 5.51 Å². The summed E-state index contributed by atoms with van der Waals surface area (Å²) in [7, 11) is -10.9. The van der Waals surface area contributed by atoms with Gasteiger partial charge in [0.1, 0.15) is 11.6 Å². The van der Waals surface area contributed by atoms with E-state index in [9.17, 15) is 33.9 Å². The third-order valence-corrected chi connectivity index (χ3v) is 7.88. The highest BCUT2D eigenvalue weighted by Crippen LogP contribution is 2.56. The summed E-state index contributed by atoms with van der Waals surface area (Å²) in [6.45, 7) is 3.50. The number of aryl methyl sites for hydroxylation is 1. The SMILES string of the molecule is Cc1ncc(C[n+]2csc(CCOP(=O)([O-])OP(=O)([O-])OC(O)CCC(=O)[O-])c2C)c(N)n1. The van der Waals surface area contributed by atoms with Crippen LogP contribution in [0, 0.1) is 13.8 Å². The molecule has 0 amide bonds. The Labute approximate surface area is 192 Å². The lowest BCUT2D eigenvalue weighted by Crippen LogP contribution is -2.35. The third-order valence-electron chi connectivity index (χ3n) is 4.14. The Morgan fingerprint density at radius 1 is 1.33 bits per heavy atom. The zero-order valence-electron chi connectivity index (χ0n) is 17.6. The number of aliphatic carboxylic acids is 1. The fourth-order valence-electron chi connectivity index (χ4n) is 2.52. The van der Waals surface area contributed by atoms with Gasteiger partial charge in [-0.25, -0.2) is 14.3 Å². The van der Waals surface area contributed by atoms with Crippen LogP contribution in [0.4, 0.5) is 5.82 Å². The minimum Gasteiger partial charge on any atom is -0.756 e. The van der Waals surface area contributed by atoms with Crippen LogP contribution in [0.25, 0.3) is 0 Å². The monoisotopic (exact) mass is 524 g/mol. The second kappa shape index (κ2) is 11.6. The first-order valence-corrected chi connectivity index (χ1v) is 13.2. The summed E-state index contributed by atoms with van der Waals surface area (Å²) in [5.74, 6) is -0.660. The van der Waals surface area contributed by atoms with Gasteiger partial charge in [-0.1, -0.05) is 11.3 Å². The molecular weight excluding hydrogens is 502 g/mol. The molecular formula is C16H22N4O10P2S-2. The Bertz CT molecular complexity index is 1080. The number of nitrogen functional groups attached to an aromatic ring is 1. The molecule has 3 unspecified atom stereocenters. The highest BCUT2D eigenvalue weighted by Gasteiger charge is 2.24. The van der Waals surface area contributed by atoms with Gasteiger partial charge in [0.25, 0.3) is 15.6 Å². The van der Waals surface area contributed by atoms with Crippen molar-refractivity contribution in [2.45, 2.75) is 45.9 Å². The maximum absolute atomic E-state index is 11.8. The number of carboxylic acids is 1. The Kier molecular flexibility index (Phi) is 9.61. The predicted octanol–water partition coefficient (Wildman–Crippen LogP) is -1.55. The lowest BCUT2D eigenvalue weighted by atomic mass is 10.2. The fraction of sp³-hybridized carbons (Fsp3) is 0.500. The van der Waals surface area contributed by atoms with Crippen molar-refractivity contribution in [3.8, 4) is 0 Å². The maximum atomic E-state index is 11.8. The maximum Gasteiger partial charge on any atom is 0.276 e. The molecule has 2 aromatic rings. The molecule has 0 aliphatic heterocycles. The molecule has 0 fully saturated rings. The Balaban J connectivity index is 1.89. The van der Waals surface area contributed by atoms with Gasteiger partial charge in [-0.15, -0.1) is 0 Å². The lowest BCUT2D eigenvalue weighted by Gasteiger charge is -2.31. The van der Waals surface area contributed by atoms with E-state index in [1.54, 1.807) is 25.6 Å². The molecule has 184 valence electrons. The van der Waals surface area contributed by atoms with Gasteiger partial charge in [-0.3, -0.25) is 13.7 Å². The fourth-order valence-corrected chi connectivity index (χ4v) is 5.54. The molecule has 0 aromatic carbocycles. The van der Waals surface area contributed by atoms with Crippen molar-refractivity contribution in [3.05, 3.63) is 33.7 Å². The number of hydrogen-bond donors (Lipinski definition) is 2. The van der Waals surface area contributed by atoms with E-state index >= 15 is 0 Å². The highest BCUT2D eigenvalue weighted by atomic mass is 32.1. The van der Waals surface area contributed by atoms with Crippen LogP contribution in [-0.4, -0.2) is 33.9 Å². The zero-order valence-corrected chi connectivity index (χ0v) is 20.2. The number of nitrogens with two attached hydrogens (primary N) is 1. The molecule has 3 atom stereocenters. The minimum atomic E-state index is -5.53. The smallest absolute Gasteiger partial charge is 0.276 e. The number of aliphatic hydroxyl groups excluding tert-OH is 1. The van der Waals surface area contributed by atoms with Crippen LogP contribution in [0.15, 0.2) is 11.7 Å². The third kappa shape index (κ3) is 9.16. The van der Waals surface area contributed by atoms with Gasteiger partial charge in [-0.2, -0.15) is 4.57 Å². The average Bonchev–Trinajstić information content (AvgIpc) is 3.00. The van der Waals surface area contributed by atoms with Crippen LogP contribution in [-0.2, 0) is 40.2 Å². The van der Waals surface area contributed by atoms with E-state index in [-0.39, 0.29) is 6.42 Å². The largest absolute Gasteiger partial charge is 0.756 e. The van der Waals surface area contributed by atoms with Crippen LogP contribution >= 0.6 is 27.0 Å². The summed E-state index contributed by atoms with van der Waals surface area (Å²) in [5.41, 5.74) is 9.21. The van der Waals surface area contributed by atoms with Crippen molar-refractivity contribution in [1.82, 2.24) is 9.97 Å². The van der Waals surface area contributed by atoms with Gasteiger partial charge < -0.3 is 35.1 Å². The summed E-state index contributed by atoms with van der Waals surface area (Å²) >= 11 is 1.33. The molecule has 2 aromatic heterocycles. The molecule has 0 aliphatic rings. The Morgan fingerprint density at radius 3 is 2.67 bits per heavy atom. The Morgan fingerprint density at radius 2 is 2.03 bits per heavy atom. The van der Waals surface area contributed by atoms with E-state index in [0.29, 0.717) is 23.8 Å². The number of phosphoric acid groups is 2. The number of nitrogens with zero attached hydrogens (tertiary/aromatic N) is 3. The number of rotatable bonds is 13. The minimum absolute atomic E-state index is 0.122. The normalized spacial score (nSPS) is 16.2. The summed E-state index contributed by atoms with van der Waals surface area (Å²) in [6, 6.07) is 0. The summed E-state index contributed by atoms with van der Waals surface area (Å²) < 4.78 is 37.8. The van der Waals surface area contributed by atoms with Gasteiger partial charge in [0.05, 0.1) is 17.0 Å². The number of aromatic nitrogens is 3. The topological polar surface area (TPSA) is 224 Å². The van der Waals surface area contributed by atoms with Crippen LogP contribution in [0.2, 0.25) is 0 Å². The summed E-state index contributed by atoms with van der Waals surface area (Å²) in [6.07, 6.45) is -1.74. The first-order chi connectivity index (χ1) is 15.3. The number of aliphatic hydroxyl groups is 1. The molecule has 0 bridgehead atoms. The predicted molar refractivity (Wildman–Crippen MR) is 107 cm³/mol. The van der Waals surface area contributed by atoms with Crippen molar-refractivity contribution in [3.63, 3.8) is 0 Å². The van der Waals surface area contributed by atoms with Gasteiger partial charge >= 0.3 is 0 Å². The molecule has 33 heavy (non-hydrogen) atoms. The van der Waals surface area contributed by atoms with E-state index < -0.39 is 47.4 Å². The van der Waals surface area contributed by atoms with Gasteiger partial charge in [-0.05, 0) is 13.3 Å². The number of hydrogen-bond acceptors (Lipinski definition) is 14. The number of anilines is 1. The molecule has 2 heterocycles. The van der Waals surface area contributed by atoms with Crippen molar-refractivity contribution in [2.24, 2.45) is 0 Å². The molecule has 0 radical (unpaired) electrons. The van der Waals surface area contributed by atoms with Crippen molar-refractivity contribution >= 4 is 38.8 Å². The molecule has 0 spiro atoms. The number of thiazole rings is 1. The summed E-state index contributed by atoms with van der Waals surface area (Å²) in [4.78, 5) is 42.7. The molecule has 14 nitrogen and oxygen atoms in total. The molecule has 0 aliphatic carbocycles. The van der Waals surface area contributed by atoms with E-state index in [1.807, 2.05) is 4.57 Å². The van der Waals surface area contributed by atoms with Gasteiger partial charge in [0.15, 0.2) is 18.5 Å². The number of carbonyl (C=O) groups is 1. The highest BCUT2D eigenvalue weighted by molar-refractivity contribution is 7.59. The van der Waals surface area contributed by atoms with E-state index in [1.165, 1.54) is 11.3 Å². The molecule has 0 saturated heterocycles. The van der Waals surface area contributed by atoms with Crippen LogP contribution < -0.4 is 25.2 Å². The molecule has 3 N–H and O–H groups in total. The molecule has 2 rings (SSSR count). The second-order valence-corrected chi connectivity index (χ2v) is 10.6. The zero-order chi connectivity index (χ0) is 24.8. The standard InChI is InChI=1S/C16H24N4O10P2S/c1-10-13(33-9-20(10)8-12-7-18-11(2)19-16(12)17)5-6-28-31(24,25)30-32(26,27)29-15(23)4-3-14(21)22/h7,9,15,23H,3-6,8H2,1-2H3,(H4-,17,18,19,21,22,24,25,26,27)/p-2. The van der Waals surface area contributed by atoms with Crippen molar-refractivity contribution in [1.29, 1.82) is 0 Å². The van der Waals surface area contributed by atoms with E-state index in [2.05, 4.69) is 23.3 Å². The lowest BCUT2D eigenvalue weighted by molar-refractivity contribution is -0.689. The number of phosphoric ester groups is 2. The van der Waals surface area contributed by atoms with Crippen molar-refractivity contribution in [2.75, 3.05) is 12.3 Å². The molecule has 17 heteroatoms. The van der Waals surface area contributed by atoms with Crippen LogP contribution in [0.5, 0.6) is 0 Å². The number of carboxylic acid groups (broad SMARTS) is 1. The van der Waals surface area contributed by atoms with Crippen LogP contribution in [0.1, 0.15) is 34.8 Å². The first kappa shape index (κ1) is 27.4.